The van der Waals surface area contributed by atoms with Crippen LogP contribution < -0.4 is 0 Å². The average molecular weight is 362 g/mol. The lowest BCUT2D eigenvalue weighted by atomic mass is 10.0. The lowest BCUT2D eigenvalue weighted by Gasteiger charge is -2.06. The first-order valence-corrected chi connectivity index (χ1v) is 6.94. The molecule has 0 atom stereocenters. The molecule has 0 N–H and O–H groups in total. The van der Waals surface area contributed by atoms with Crippen molar-refractivity contribution in [1.29, 1.82) is 0 Å². The van der Waals surface area contributed by atoms with Crippen molar-refractivity contribution in [3.05, 3.63) is 67.9 Å². The maximum absolute atomic E-state index is 13.2. The molecule has 0 aliphatic carbocycles. The van der Waals surface area contributed by atoms with Gasteiger partial charge < -0.3 is 0 Å². The van der Waals surface area contributed by atoms with Crippen molar-refractivity contribution in [2.24, 2.45) is 0 Å². The van der Waals surface area contributed by atoms with Gasteiger partial charge in [0.05, 0.1) is 0 Å². The molecule has 5 heteroatoms. The number of hydrogen-bond donors (Lipinski definition) is 0. The van der Waals surface area contributed by atoms with Gasteiger partial charge in [-0.25, -0.2) is 4.39 Å². The van der Waals surface area contributed by atoms with Gasteiger partial charge in [0.15, 0.2) is 5.78 Å². The van der Waals surface area contributed by atoms with E-state index in [0.717, 1.165) is 0 Å². The first kappa shape index (κ1) is 14.5. The molecular formula is C14H8BrCl2FO. The predicted octanol–water partition coefficient (Wildman–Crippen LogP) is 5.32. The molecule has 0 unspecified atom stereocenters. The van der Waals surface area contributed by atoms with Crippen molar-refractivity contribution in [3.8, 4) is 0 Å². The van der Waals surface area contributed by atoms with Gasteiger partial charge in [0.25, 0.3) is 0 Å². The summed E-state index contributed by atoms with van der Waals surface area (Å²) in [5, 5.41) is 0.932. The van der Waals surface area contributed by atoms with Gasteiger partial charge in [-0.2, -0.15) is 0 Å². The molecule has 0 spiro atoms. The molecule has 19 heavy (non-hydrogen) atoms. The molecule has 0 heterocycles. The Kier molecular flexibility index (Phi) is 4.61. The zero-order valence-electron chi connectivity index (χ0n) is 9.59. The maximum Gasteiger partial charge on any atom is 0.168 e. The van der Waals surface area contributed by atoms with Crippen LogP contribution in [-0.2, 0) is 6.42 Å². The molecule has 2 rings (SSSR count). The van der Waals surface area contributed by atoms with Crippen molar-refractivity contribution < 1.29 is 9.18 Å². The molecule has 0 bridgehead atoms. The number of rotatable bonds is 3. The third-order valence-electron chi connectivity index (χ3n) is 2.59. The number of benzene rings is 2. The number of Topliss-reactive ketones (excluding diaryl/α,β-unsaturated/α-hetero) is 1. The van der Waals surface area contributed by atoms with Crippen LogP contribution in [0, 0.1) is 5.82 Å². The summed E-state index contributed by atoms with van der Waals surface area (Å²) in [7, 11) is 0. The van der Waals surface area contributed by atoms with Crippen LogP contribution >= 0.6 is 39.1 Å². The fourth-order valence-corrected chi connectivity index (χ4v) is 2.59. The second kappa shape index (κ2) is 6.04. The minimum Gasteiger partial charge on any atom is -0.294 e. The first-order valence-electron chi connectivity index (χ1n) is 5.39. The highest BCUT2D eigenvalue weighted by Gasteiger charge is 2.13. The normalized spacial score (nSPS) is 10.5. The quantitative estimate of drug-likeness (QED) is 0.676. The van der Waals surface area contributed by atoms with E-state index in [1.54, 1.807) is 18.2 Å². The molecule has 98 valence electrons. The zero-order valence-corrected chi connectivity index (χ0v) is 12.7. The number of hydrogen-bond acceptors (Lipinski definition) is 1. The highest BCUT2D eigenvalue weighted by molar-refractivity contribution is 9.10. The Balaban J connectivity index is 2.28. The molecule has 0 aliphatic heterocycles. The van der Waals surface area contributed by atoms with E-state index in [1.165, 1.54) is 18.2 Å². The zero-order chi connectivity index (χ0) is 14.0. The van der Waals surface area contributed by atoms with Crippen molar-refractivity contribution in [3.63, 3.8) is 0 Å². The van der Waals surface area contributed by atoms with Gasteiger partial charge in [-0.15, -0.1) is 0 Å². The van der Waals surface area contributed by atoms with Crippen LogP contribution in [0.2, 0.25) is 10.0 Å². The molecule has 0 saturated carbocycles. The van der Waals surface area contributed by atoms with E-state index in [0.29, 0.717) is 25.6 Å². The molecule has 0 radical (unpaired) electrons. The summed E-state index contributed by atoms with van der Waals surface area (Å²) in [6, 6.07) is 8.93. The smallest absolute Gasteiger partial charge is 0.168 e. The number of carbonyl (C=O) groups is 1. The lowest BCUT2D eigenvalue weighted by Crippen LogP contribution is -2.05. The van der Waals surface area contributed by atoms with Crippen LogP contribution in [0.25, 0.3) is 0 Å². The average Bonchev–Trinajstić information content (AvgIpc) is 2.35. The standard InChI is InChI=1S/C14H8BrCl2FO/c15-12-4-3-10(18)7-11(12)14(19)5-8-1-2-9(16)6-13(8)17/h1-4,6-7H,5H2. The number of ketones is 1. The van der Waals surface area contributed by atoms with Crippen molar-refractivity contribution >= 4 is 44.9 Å². The second-order valence-corrected chi connectivity index (χ2v) is 5.66. The van der Waals surface area contributed by atoms with Crippen molar-refractivity contribution in [1.82, 2.24) is 0 Å². The number of halogens is 4. The van der Waals surface area contributed by atoms with E-state index in [-0.39, 0.29) is 12.2 Å². The monoisotopic (exact) mass is 360 g/mol. The third-order valence-corrected chi connectivity index (χ3v) is 3.87. The van der Waals surface area contributed by atoms with Gasteiger partial charge in [0.1, 0.15) is 5.82 Å². The Morgan fingerprint density at radius 3 is 2.58 bits per heavy atom. The fourth-order valence-electron chi connectivity index (χ4n) is 1.64. The highest BCUT2D eigenvalue weighted by atomic mass is 79.9. The molecule has 2 aromatic carbocycles. The fraction of sp³-hybridized carbons (Fsp3) is 0.0714. The van der Waals surface area contributed by atoms with Gasteiger partial charge in [0, 0.05) is 26.5 Å². The SMILES string of the molecule is O=C(Cc1ccc(Cl)cc1Cl)c1cc(F)ccc1Br. The molecule has 0 amide bonds. The summed E-state index contributed by atoms with van der Waals surface area (Å²) < 4.78 is 13.7. The lowest BCUT2D eigenvalue weighted by molar-refractivity contribution is 0.0992. The summed E-state index contributed by atoms with van der Waals surface area (Å²) in [5.41, 5.74) is 0.957. The predicted molar refractivity (Wildman–Crippen MR) is 78.6 cm³/mol. The minimum absolute atomic E-state index is 0.0953. The van der Waals surface area contributed by atoms with E-state index in [9.17, 15) is 9.18 Å². The Bertz CT molecular complexity index is 643. The van der Waals surface area contributed by atoms with E-state index in [4.69, 9.17) is 23.2 Å². The summed E-state index contributed by atoms with van der Waals surface area (Å²) >= 11 is 15.0. The topological polar surface area (TPSA) is 17.1 Å². The third kappa shape index (κ3) is 3.56. The van der Waals surface area contributed by atoms with Gasteiger partial charge in [-0.3, -0.25) is 4.79 Å². The van der Waals surface area contributed by atoms with Crippen LogP contribution in [0.15, 0.2) is 40.9 Å². The highest BCUT2D eigenvalue weighted by Crippen LogP contribution is 2.24. The Labute approximate surface area is 128 Å². The maximum atomic E-state index is 13.2. The van der Waals surface area contributed by atoms with Gasteiger partial charge in [-0.1, -0.05) is 45.2 Å². The molecule has 0 aromatic heterocycles. The van der Waals surface area contributed by atoms with Gasteiger partial charge in [0.2, 0.25) is 0 Å². The van der Waals surface area contributed by atoms with E-state index >= 15 is 0 Å². The summed E-state index contributed by atoms with van der Waals surface area (Å²) in [6.45, 7) is 0. The van der Waals surface area contributed by atoms with E-state index < -0.39 is 5.82 Å². The first-order chi connectivity index (χ1) is 8.97. The van der Waals surface area contributed by atoms with Gasteiger partial charge >= 0.3 is 0 Å². The molecule has 0 aliphatic rings. The summed E-state index contributed by atoms with van der Waals surface area (Å²) in [4.78, 5) is 12.1. The van der Waals surface area contributed by atoms with Crippen molar-refractivity contribution in [2.75, 3.05) is 0 Å². The Hall–Kier alpha value is -0.900. The van der Waals surface area contributed by atoms with Crippen LogP contribution in [0.4, 0.5) is 4.39 Å². The summed E-state index contributed by atoms with van der Waals surface area (Å²) in [6.07, 6.45) is 0.0953. The Morgan fingerprint density at radius 1 is 1.16 bits per heavy atom. The van der Waals surface area contributed by atoms with Crippen LogP contribution in [0.1, 0.15) is 15.9 Å². The van der Waals surface area contributed by atoms with Crippen LogP contribution in [-0.4, -0.2) is 5.78 Å². The Morgan fingerprint density at radius 2 is 1.89 bits per heavy atom. The largest absolute Gasteiger partial charge is 0.294 e. The van der Waals surface area contributed by atoms with E-state index in [2.05, 4.69) is 15.9 Å². The molecule has 1 nitrogen and oxygen atoms in total. The molecule has 0 fully saturated rings. The van der Waals surface area contributed by atoms with E-state index in [1.807, 2.05) is 0 Å². The van der Waals surface area contributed by atoms with Crippen LogP contribution in [0.5, 0.6) is 0 Å². The van der Waals surface area contributed by atoms with Crippen molar-refractivity contribution in [2.45, 2.75) is 6.42 Å². The molecule has 0 saturated heterocycles. The minimum atomic E-state index is -0.450. The summed E-state index contributed by atoms with van der Waals surface area (Å²) in [5.74, 6) is -0.663. The van der Waals surface area contributed by atoms with Crippen LogP contribution in [0.3, 0.4) is 0 Å². The molecule has 2 aromatic rings. The number of carbonyl (C=O) groups excluding carboxylic acids is 1. The second-order valence-electron chi connectivity index (χ2n) is 3.96. The van der Waals surface area contributed by atoms with Gasteiger partial charge in [-0.05, 0) is 35.9 Å². The molecular weight excluding hydrogens is 354 g/mol.